The molecule has 0 heterocycles. The Bertz CT molecular complexity index is 349. The Hall–Kier alpha value is -0.380. The van der Waals surface area contributed by atoms with E-state index in [4.69, 9.17) is 5.73 Å². The Balaban J connectivity index is 4.12. The van der Waals surface area contributed by atoms with Gasteiger partial charge >= 0.3 is 6.18 Å². The van der Waals surface area contributed by atoms with Crippen molar-refractivity contribution in [2.45, 2.75) is 39.4 Å². The largest absolute Gasteiger partial charge is 0.402 e. The Morgan fingerprint density at radius 3 is 2.06 bits per heavy atom. The fourth-order valence-corrected chi connectivity index (χ4v) is 2.19. The lowest BCUT2D eigenvalue weighted by Crippen LogP contribution is -2.46. The molecule has 1 atom stereocenters. The van der Waals surface area contributed by atoms with Gasteiger partial charge in [-0.05, 0) is 11.8 Å². The SMILES string of the molecule is CC(C)(C)CC(N)CNS(=O)(=O)NCC(F)(F)F. The number of rotatable bonds is 6. The average Bonchev–Trinajstić information content (AvgIpc) is 2.08. The molecule has 9 heteroatoms. The molecular weight excluding hydrogens is 271 g/mol. The van der Waals surface area contributed by atoms with E-state index in [2.05, 4.69) is 0 Å². The van der Waals surface area contributed by atoms with Crippen molar-refractivity contribution in [1.29, 1.82) is 0 Å². The number of halogens is 3. The lowest BCUT2D eigenvalue weighted by atomic mass is 9.88. The lowest BCUT2D eigenvalue weighted by Gasteiger charge is -2.23. The average molecular weight is 291 g/mol. The molecule has 18 heavy (non-hydrogen) atoms. The van der Waals surface area contributed by atoms with Crippen molar-refractivity contribution in [3.05, 3.63) is 0 Å². The van der Waals surface area contributed by atoms with E-state index in [0.717, 1.165) is 0 Å². The summed E-state index contributed by atoms with van der Waals surface area (Å²) in [7, 11) is -4.17. The zero-order valence-electron chi connectivity index (χ0n) is 10.6. The van der Waals surface area contributed by atoms with Crippen molar-refractivity contribution in [1.82, 2.24) is 9.44 Å². The van der Waals surface area contributed by atoms with Crippen LogP contribution in [0.5, 0.6) is 0 Å². The molecule has 0 aliphatic rings. The first-order chi connectivity index (χ1) is 7.81. The highest BCUT2D eigenvalue weighted by atomic mass is 32.2. The molecule has 0 saturated carbocycles. The first-order valence-corrected chi connectivity index (χ1v) is 6.86. The summed E-state index contributed by atoms with van der Waals surface area (Å²) < 4.78 is 61.2. The lowest BCUT2D eigenvalue weighted by molar-refractivity contribution is -0.121. The molecule has 0 aliphatic heterocycles. The predicted octanol–water partition coefficient (Wildman–Crippen LogP) is 0.736. The molecular formula is C9H20F3N3O2S. The second kappa shape index (κ2) is 6.18. The molecule has 0 fully saturated rings. The normalized spacial score (nSPS) is 15.7. The van der Waals surface area contributed by atoms with E-state index < -0.39 is 29.0 Å². The molecule has 4 N–H and O–H groups in total. The summed E-state index contributed by atoms with van der Waals surface area (Å²) in [5.41, 5.74) is 5.59. The first kappa shape index (κ1) is 17.6. The highest BCUT2D eigenvalue weighted by Gasteiger charge is 2.29. The van der Waals surface area contributed by atoms with Crippen LogP contribution >= 0.6 is 0 Å². The zero-order chi connectivity index (χ0) is 14.6. The number of nitrogens with one attached hydrogen (secondary N) is 2. The summed E-state index contributed by atoms with van der Waals surface area (Å²) in [4.78, 5) is 0. The van der Waals surface area contributed by atoms with Crippen LogP contribution in [0, 0.1) is 5.41 Å². The molecule has 5 nitrogen and oxygen atoms in total. The second-order valence-corrected chi connectivity index (χ2v) is 6.90. The van der Waals surface area contributed by atoms with Gasteiger partial charge in [0.15, 0.2) is 0 Å². The van der Waals surface area contributed by atoms with Crippen molar-refractivity contribution in [3.63, 3.8) is 0 Å². The summed E-state index contributed by atoms with van der Waals surface area (Å²) in [6, 6.07) is -0.451. The molecule has 0 bridgehead atoms. The Morgan fingerprint density at radius 1 is 1.17 bits per heavy atom. The van der Waals surface area contributed by atoms with Crippen molar-refractivity contribution in [2.75, 3.05) is 13.1 Å². The van der Waals surface area contributed by atoms with Gasteiger partial charge < -0.3 is 5.73 Å². The van der Waals surface area contributed by atoms with Crippen molar-refractivity contribution in [3.8, 4) is 0 Å². The topological polar surface area (TPSA) is 84.2 Å². The number of alkyl halides is 3. The van der Waals surface area contributed by atoms with Gasteiger partial charge in [0.2, 0.25) is 0 Å². The van der Waals surface area contributed by atoms with Crippen molar-refractivity contribution >= 4 is 10.2 Å². The van der Waals surface area contributed by atoms with Gasteiger partial charge in [0.1, 0.15) is 6.54 Å². The maximum absolute atomic E-state index is 11.8. The van der Waals surface area contributed by atoms with Crippen LogP contribution < -0.4 is 15.2 Å². The number of hydrogen-bond donors (Lipinski definition) is 3. The van der Waals surface area contributed by atoms with Gasteiger partial charge in [0, 0.05) is 12.6 Å². The Labute approximate surface area is 105 Å². The third kappa shape index (κ3) is 10.8. The maximum atomic E-state index is 11.8. The summed E-state index contributed by atoms with van der Waals surface area (Å²) >= 11 is 0. The quantitative estimate of drug-likeness (QED) is 0.675. The minimum absolute atomic E-state index is 0.0791. The second-order valence-electron chi connectivity index (χ2n) is 5.31. The zero-order valence-corrected chi connectivity index (χ0v) is 11.5. The highest BCUT2D eigenvalue weighted by Crippen LogP contribution is 2.19. The smallest absolute Gasteiger partial charge is 0.326 e. The highest BCUT2D eigenvalue weighted by molar-refractivity contribution is 7.87. The van der Waals surface area contributed by atoms with Crippen LogP contribution in [0.3, 0.4) is 0 Å². The minimum Gasteiger partial charge on any atom is -0.326 e. The van der Waals surface area contributed by atoms with Crippen LogP contribution in [0.1, 0.15) is 27.2 Å². The molecule has 0 amide bonds. The van der Waals surface area contributed by atoms with E-state index in [-0.39, 0.29) is 12.0 Å². The van der Waals surface area contributed by atoms with Crippen LogP contribution in [0.15, 0.2) is 0 Å². The Kier molecular flexibility index (Phi) is 6.05. The monoisotopic (exact) mass is 291 g/mol. The van der Waals surface area contributed by atoms with Crippen LogP contribution in [0.25, 0.3) is 0 Å². The molecule has 0 rings (SSSR count). The van der Waals surface area contributed by atoms with E-state index in [1.165, 1.54) is 4.72 Å². The summed E-state index contributed by atoms with van der Waals surface area (Å²) in [6.07, 6.45) is -4.03. The molecule has 0 aliphatic carbocycles. The number of nitrogens with two attached hydrogens (primary N) is 1. The molecule has 110 valence electrons. The third-order valence-corrected chi connectivity index (χ3v) is 2.94. The number of hydrogen-bond acceptors (Lipinski definition) is 3. The Morgan fingerprint density at radius 2 is 1.67 bits per heavy atom. The van der Waals surface area contributed by atoms with Gasteiger partial charge in [0.05, 0.1) is 0 Å². The summed E-state index contributed by atoms with van der Waals surface area (Å²) in [5, 5.41) is 0. The van der Waals surface area contributed by atoms with Crippen LogP contribution in [0.2, 0.25) is 0 Å². The summed E-state index contributed by atoms with van der Waals surface area (Å²) in [5.74, 6) is 0. The molecule has 0 saturated heterocycles. The molecule has 0 radical (unpaired) electrons. The van der Waals surface area contributed by atoms with E-state index >= 15 is 0 Å². The van der Waals surface area contributed by atoms with Crippen molar-refractivity contribution in [2.24, 2.45) is 11.1 Å². The molecule has 1 unspecified atom stereocenters. The van der Waals surface area contributed by atoms with Gasteiger partial charge in [-0.25, -0.2) is 4.72 Å². The fraction of sp³-hybridized carbons (Fsp3) is 1.00. The first-order valence-electron chi connectivity index (χ1n) is 5.37. The van der Waals surface area contributed by atoms with Gasteiger partial charge in [-0.1, -0.05) is 20.8 Å². The minimum atomic E-state index is -4.58. The molecule has 0 aromatic rings. The fourth-order valence-electron chi connectivity index (χ4n) is 1.30. The molecule has 0 aromatic heterocycles. The van der Waals surface area contributed by atoms with E-state index in [0.29, 0.717) is 6.42 Å². The molecule has 0 aromatic carbocycles. The predicted molar refractivity (Wildman–Crippen MR) is 63.0 cm³/mol. The van der Waals surface area contributed by atoms with Crippen molar-refractivity contribution < 1.29 is 21.6 Å². The van der Waals surface area contributed by atoms with Crippen LogP contribution in [-0.2, 0) is 10.2 Å². The van der Waals surface area contributed by atoms with E-state index in [1.807, 2.05) is 25.5 Å². The van der Waals surface area contributed by atoms with Crippen LogP contribution in [-0.4, -0.2) is 33.7 Å². The third-order valence-electron chi connectivity index (χ3n) is 1.87. The van der Waals surface area contributed by atoms with Gasteiger partial charge in [0.25, 0.3) is 10.2 Å². The summed E-state index contributed by atoms with van der Waals surface area (Å²) in [6.45, 7) is 4.09. The van der Waals surface area contributed by atoms with Gasteiger partial charge in [-0.15, -0.1) is 0 Å². The maximum Gasteiger partial charge on any atom is 0.402 e. The van der Waals surface area contributed by atoms with E-state index in [1.54, 1.807) is 0 Å². The van der Waals surface area contributed by atoms with Gasteiger partial charge in [-0.2, -0.15) is 26.3 Å². The van der Waals surface area contributed by atoms with Crippen LogP contribution in [0.4, 0.5) is 13.2 Å². The standard InChI is InChI=1S/C9H20F3N3O2S/c1-8(2,3)4-7(13)5-14-18(16,17)15-6-9(10,11)12/h7,14-15H,4-6,13H2,1-3H3. The van der Waals surface area contributed by atoms with Gasteiger partial charge in [-0.3, -0.25) is 0 Å². The molecule has 0 spiro atoms. The van der Waals surface area contributed by atoms with E-state index in [9.17, 15) is 21.6 Å².